The van der Waals surface area contributed by atoms with Crippen molar-refractivity contribution in [3.63, 3.8) is 0 Å². The van der Waals surface area contributed by atoms with E-state index in [1.54, 1.807) is 6.92 Å². The van der Waals surface area contributed by atoms with Crippen LogP contribution in [0.1, 0.15) is 24.1 Å². The molecule has 3 N–H and O–H groups in total. The first-order valence-corrected chi connectivity index (χ1v) is 5.36. The Morgan fingerprint density at radius 3 is 2.93 bits per heavy atom. The molecule has 3 nitrogen and oxygen atoms in total. The number of benzene rings is 1. The van der Waals surface area contributed by atoms with Crippen molar-refractivity contribution in [3.05, 3.63) is 35.4 Å². The maximum absolute atomic E-state index is 9.88. The third-order valence-corrected chi connectivity index (χ3v) is 2.84. The lowest BCUT2D eigenvalue weighted by atomic mass is 10.1. The molecule has 3 heteroatoms. The number of aliphatic hydroxyl groups excluding tert-OH is 2. The van der Waals surface area contributed by atoms with Crippen LogP contribution in [0.5, 0.6) is 0 Å². The number of aliphatic hydroxyl groups is 2. The molecule has 0 heterocycles. The Kier molecular flexibility index (Phi) is 3.05. The molecule has 1 aliphatic rings. The summed E-state index contributed by atoms with van der Waals surface area (Å²) in [4.78, 5) is 0. The summed E-state index contributed by atoms with van der Waals surface area (Å²) in [5.41, 5.74) is 2.36. The zero-order valence-corrected chi connectivity index (χ0v) is 8.85. The predicted molar refractivity (Wildman–Crippen MR) is 58.6 cm³/mol. The molecule has 2 rings (SSSR count). The van der Waals surface area contributed by atoms with E-state index in [-0.39, 0.29) is 18.2 Å². The molecule has 0 amide bonds. The van der Waals surface area contributed by atoms with Crippen molar-refractivity contribution in [2.45, 2.75) is 31.6 Å². The van der Waals surface area contributed by atoms with Crippen LogP contribution in [-0.2, 0) is 6.42 Å². The summed E-state index contributed by atoms with van der Waals surface area (Å²) in [6.45, 7) is 2.25. The van der Waals surface area contributed by atoms with Crippen LogP contribution in [0.3, 0.4) is 0 Å². The highest BCUT2D eigenvalue weighted by molar-refractivity contribution is 5.36. The molecule has 1 aromatic rings. The van der Waals surface area contributed by atoms with Crippen molar-refractivity contribution in [1.82, 2.24) is 5.32 Å². The van der Waals surface area contributed by atoms with E-state index in [9.17, 15) is 10.2 Å². The van der Waals surface area contributed by atoms with Gasteiger partial charge in [0.25, 0.3) is 0 Å². The molecule has 0 saturated carbocycles. The number of nitrogens with one attached hydrogen (secondary N) is 1. The van der Waals surface area contributed by atoms with Gasteiger partial charge < -0.3 is 15.5 Å². The molecule has 3 atom stereocenters. The number of hydrogen-bond donors (Lipinski definition) is 3. The Bertz CT molecular complexity index is 338. The summed E-state index contributed by atoms with van der Waals surface area (Å²) in [6, 6.07) is 8.01. The molecule has 1 aliphatic carbocycles. The van der Waals surface area contributed by atoms with Crippen molar-refractivity contribution in [3.8, 4) is 0 Å². The maximum Gasteiger partial charge on any atom is 0.0775 e. The van der Waals surface area contributed by atoms with Crippen molar-refractivity contribution in [2.75, 3.05) is 6.54 Å². The second-order valence-corrected chi connectivity index (χ2v) is 4.21. The normalized spacial score (nSPS) is 26.3. The lowest BCUT2D eigenvalue weighted by molar-refractivity contribution is 0.125. The quantitative estimate of drug-likeness (QED) is 0.681. The fourth-order valence-corrected chi connectivity index (χ4v) is 2.12. The molecule has 15 heavy (non-hydrogen) atoms. The van der Waals surface area contributed by atoms with Crippen molar-refractivity contribution >= 4 is 0 Å². The molecule has 0 fully saturated rings. The first-order chi connectivity index (χ1) is 7.18. The van der Waals surface area contributed by atoms with Gasteiger partial charge in [0, 0.05) is 13.0 Å². The lowest BCUT2D eigenvalue weighted by Crippen LogP contribution is -2.33. The van der Waals surface area contributed by atoms with Crippen LogP contribution in [-0.4, -0.2) is 29.0 Å². The van der Waals surface area contributed by atoms with E-state index in [0.717, 1.165) is 5.56 Å². The minimum absolute atomic E-state index is 0.0317. The number of rotatable bonds is 3. The molecule has 0 radical (unpaired) electrons. The van der Waals surface area contributed by atoms with Crippen LogP contribution in [0, 0.1) is 0 Å². The first kappa shape index (κ1) is 10.6. The standard InChI is InChI=1S/C12H17NO2/c1-8(14)7-13-12-10-5-3-2-4-9(10)6-11(12)15/h2-5,8,11-15H,6-7H2,1H3. The smallest absolute Gasteiger partial charge is 0.0775 e. The Balaban J connectivity index is 2.11. The van der Waals surface area contributed by atoms with Gasteiger partial charge in [-0.3, -0.25) is 0 Å². The Morgan fingerprint density at radius 1 is 1.47 bits per heavy atom. The number of hydrogen-bond acceptors (Lipinski definition) is 3. The topological polar surface area (TPSA) is 52.5 Å². The van der Waals surface area contributed by atoms with E-state index in [2.05, 4.69) is 5.32 Å². The molecule has 0 bridgehead atoms. The molecule has 0 aromatic heterocycles. The van der Waals surface area contributed by atoms with Gasteiger partial charge in [-0.1, -0.05) is 24.3 Å². The van der Waals surface area contributed by atoms with E-state index in [0.29, 0.717) is 13.0 Å². The van der Waals surface area contributed by atoms with E-state index in [1.165, 1.54) is 5.56 Å². The van der Waals surface area contributed by atoms with Crippen molar-refractivity contribution in [2.24, 2.45) is 0 Å². The third kappa shape index (κ3) is 2.20. The molecule has 0 aliphatic heterocycles. The SMILES string of the molecule is CC(O)CNC1c2ccccc2CC1O. The first-order valence-electron chi connectivity index (χ1n) is 5.36. The van der Waals surface area contributed by atoms with Crippen LogP contribution in [0.4, 0.5) is 0 Å². The zero-order chi connectivity index (χ0) is 10.8. The average molecular weight is 207 g/mol. The van der Waals surface area contributed by atoms with Gasteiger partial charge in [0.1, 0.15) is 0 Å². The van der Waals surface area contributed by atoms with Gasteiger partial charge in [-0.05, 0) is 18.1 Å². The zero-order valence-electron chi connectivity index (χ0n) is 8.85. The molecule has 3 unspecified atom stereocenters. The van der Waals surface area contributed by atoms with E-state index in [1.807, 2.05) is 24.3 Å². The highest BCUT2D eigenvalue weighted by atomic mass is 16.3. The van der Waals surface area contributed by atoms with E-state index >= 15 is 0 Å². The van der Waals surface area contributed by atoms with Crippen LogP contribution in [0.25, 0.3) is 0 Å². The van der Waals surface area contributed by atoms with Crippen LogP contribution < -0.4 is 5.32 Å². The van der Waals surface area contributed by atoms with Gasteiger partial charge in [-0.25, -0.2) is 0 Å². The average Bonchev–Trinajstić information content (AvgIpc) is 2.50. The van der Waals surface area contributed by atoms with Crippen LogP contribution in [0.2, 0.25) is 0 Å². The molecule has 82 valence electrons. The van der Waals surface area contributed by atoms with Gasteiger partial charge in [-0.15, -0.1) is 0 Å². The summed E-state index contributed by atoms with van der Waals surface area (Å²) in [5.74, 6) is 0. The summed E-state index contributed by atoms with van der Waals surface area (Å²) in [6.07, 6.45) is -0.0562. The van der Waals surface area contributed by atoms with Gasteiger partial charge in [0.2, 0.25) is 0 Å². The predicted octanol–water partition coefficient (Wildman–Crippen LogP) is 0.615. The second kappa shape index (κ2) is 4.31. The Labute approximate surface area is 89.8 Å². The van der Waals surface area contributed by atoms with Crippen LogP contribution >= 0.6 is 0 Å². The van der Waals surface area contributed by atoms with Gasteiger partial charge >= 0.3 is 0 Å². The highest BCUT2D eigenvalue weighted by Gasteiger charge is 2.30. The summed E-state index contributed by atoms with van der Waals surface area (Å²) < 4.78 is 0. The van der Waals surface area contributed by atoms with E-state index < -0.39 is 0 Å². The van der Waals surface area contributed by atoms with Crippen LogP contribution in [0.15, 0.2) is 24.3 Å². The Hall–Kier alpha value is -0.900. The van der Waals surface area contributed by atoms with Gasteiger partial charge in [0.15, 0.2) is 0 Å². The second-order valence-electron chi connectivity index (χ2n) is 4.21. The Morgan fingerprint density at radius 2 is 2.20 bits per heavy atom. The molecular weight excluding hydrogens is 190 g/mol. The molecule has 0 spiro atoms. The third-order valence-electron chi connectivity index (χ3n) is 2.84. The lowest BCUT2D eigenvalue weighted by Gasteiger charge is -2.18. The van der Waals surface area contributed by atoms with Gasteiger partial charge in [-0.2, -0.15) is 0 Å². The van der Waals surface area contributed by atoms with E-state index in [4.69, 9.17) is 0 Å². The fourth-order valence-electron chi connectivity index (χ4n) is 2.12. The minimum atomic E-state index is -0.384. The van der Waals surface area contributed by atoms with Crippen molar-refractivity contribution in [1.29, 1.82) is 0 Å². The molecular formula is C12H17NO2. The minimum Gasteiger partial charge on any atom is -0.392 e. The summed E-state index contributed by atoms with van der Waals surface area (Å²) >= 11 is 0. The maximum atomic E-state index is 9.88. The number of fused-ring (bicyclic) bond motifs is 1. The highest BCUT2D eigenvalue weighted by Crippen LogP contribution is 2.30. The molecule has 0 saturated heterocycles. The summed E-state index contributed by atoms with van der Waals surface area (Å²) in [5, 5.41) is 22.3. The summed E-state index contributed by atoms with van der Waals surface area (Å²) in [7, 11) is 0. The van der Waals surface area contributed by atoms with Gasteiger partial charge in [0.05, 0.1) is 18.2 Å². The van der Waals surface area contributed by atoms with Crippen molar-refractivity contribution < 1.29 is 10.2 Å². The largest absolute Gasteiger partial charge is 0.392 e. The monoisotopic (exact) mass is 207 g/mol. The fraction of sp³-hybridized carbons (Fsp3) is 0.500. The molecule has 1 aromatic carbocycles.